The van der Waals surface area contributed by atoms with Gasteiger partial charge in [-0.15, -0.1) is 0 Å². The van der Waals surface area contributed by atoms with E-state index in [9.17, 15) is 0 Å². The van der Waals surface area contributed by atoms with Crippen molar-refractivity contribution in [1.82, 2.24) is 4.34 Å². The van der Waals surface area contributed by atoms with Crippen molar-refractivity contribution in [3.63, 3.8) is 0 Å². The van der Waals surface area contributed by atoms with E-state index in [1.54, 1.807) is 0 Å². The molecule has 2 aromatic rings. The van der Waals surface area contributed by atoms with E-state index in [0.717, 1.165) is 0 Å². The largest absolute Gasteiger partial charge is 0.251 e. The minimum atomic E-state index is -0.361. The molecule has 0 unspecified atom stereocenters. The predicted molar refractivity (Wildman–Crippen MR) is 116 cm³/mol. The Kier molecular flexibility index (Phi) is 6.08. The van der Waals surface area contributed by atoms with Gasteiger partial charge in [-0.2, -0.15) is 0 Å². The van der Waals surface area contributed by atoms with Gasteiger partial charge in [0.05, 0.1) is 0 Å². The number of aromatic nitrogens is 2. The molecule has 0 aliphatic rings. The molecule has 1 aromatic carbocycles. The van der Waals surface area contributed by atoms with Crippen LogP contribution in [-0.2, 0) is 0 Å². The van der Waals surface area contributed by atoms with Crippen molar-refractivity contribution >= 4 is 8.07 Å². The van der Waals surface area contributed by atoms with Crippen LogP contribution in [0.25, 0.3) is 5.69 Å². The summed E-state index contributed by atoms with van der Waals surface area (Å²) in [6.07, 6.45) is 6.86. The van der Waals surface area contributed by atoms with Crippen molar-refractivity contribution < 1.29 is 4.57 Å². The molecule has 0 amide bonds. The van der Waals surface area contributed by atoms with E-state index < -0.39 is 0 Å². The Morgan fingerprint density at radius 3 is 1.69 bits per heavy atom. The molecule has 2 rings (SSSR count). The lowest BCUT2D eigenvalue weighted by atomic mass is 9.92. The standard InChI is InChI=1S/C23H38N2P/c1-17(2)19-12-11-13-20(18(3)4)21(19)24-14-15-25(16-24)26(22(5,6)7)23(8,9)10/h11-18H,1-10H3/q+1. The Morgan fingerprint density at radius 2 is 1.31 bits per heavy atom. The van der Waals surface area contributed by atoms with Crippen LogP contribution in [0, 0.1) is 0 Å². The number of hydrogen-bond donors (Lipinski definition) is 0. The molecule has 0 radical (unpaired) electrons. The fourth-order valence-electron chi connectivity index (χ4n) is 4.10. The number of hydrogen-bond acceptors (Lipinski definition) is 0. The molecule has 3 heteroatoms. The van der Waals surface area contributed by atoms with Gasteiger partial charge >= 0.3 is 0 Å². The first kappa shape index (κ1) is 21.2. The van der Waals surface area contributed by atoms with Gasteiger partial charge in [-0.05, 0) is 11.8 Å². The normalized spacial score (nSPS) is 13.3. The highest BCUT2D eigenvalue weighted by atomic mass is 31.1. The number of imidazole rings is 1. The second-order valence-corrected chi connectivity index (χ2v) is 13.7. The van der Waals surface area contributed by atoms with Crippen LogP contribution in [0.15, 0.2) is 36.9 Å². The highest BCUT2D eigenvalue weighted by molar-refractivity contribution is 7.59. The van der Waals surface area contributed by atoms with Gasteiger partial charge in [0, 0.05) is 21.4 Å². The zero-order valence-corrected chi connectivity index (χ0v) is 19.4. The van der Waals surface area contributed by atoms with Crippen LogP contribution in [-0.4, -0.2) is 14.6 Å². The summed E-state index contributed by atoms with van der Waals surface area (Å²) in [6.45, 7) is 23.4. The monoisotopic (exact) mass is 373 g/mol. The Labute approximate surface area is 162 Å². The Bertz CT molecular complexity index is 702. The number of rotatable bonds is 4. The van der Waals surface area contributed by atoms with Crippen molar-refractivity contribution in [3.05, 3.63) is 48.0 Å². The van der Waals surface area contributed by atoms with Gasteiger partial charge in [-0.25, -0.2) is 8.90 Å². The van der Waals surface area contributed by atoms with E-state index >= 15 is 0 Å². The second-order valence-electron chi connectivity index (χ2n) is 9.95. The van der Waals surface area contributed by atoms with Crippen molar-refractivity contribution in [2.45, 2.75) is 91.4 Å². The van der Waals surface area contributed by atoms with Gasteiger partial charge < -0.3 is 0 Å². The zero-order chi connectivity index (χ0) is 19.9. The third kappa shape index (κ3) is 4.39. The van der Waals surface area contributed by atoms with Crippen LogP contribution in [0.4, 0.5) is 0 Å². The molecule has 2 nitrogen and oxygen atoms in total. The maximum absolute atomic E-state index is 2.48. The molecule has 0 spiro atoms. The average molecular weight is 374 g/mol. The molecular formula is C23H38N2P+. The maximum atomic E-state index is 2.48. The molecule has 0 atom stereocenters. The fourth-order valence-corrected chi connectivity index (χ4v) is 7.91. The minimum Gasteiger partial charge on any atom is -0.217 e. The molecule has 26 heavy (non-hydrogen) atoms. The summed E-state index contributed by atoms with van der Waals surface area (Å²) >= 11 is 0. The van der Waals surface area contributed by atoms with E-state index in [4.69, 9.17) is 0 Å². The summed E-state index contributed by atoms with van der Waals surface area (Å²) in [5, 5.41) is 0.506. The van der Waals surface area contributed by atoms with E-state index in [-0.39, 0.29) is 18.4 Å². The van der Waals surface area contributed by atoms with Gasteiger partial charge in [-0.1, -0.05) is 87.4 Å². The molecule has 0 aliphatic heterocycles. The summed E-state index contributed by atoms with van der Waals surface area (Å²) < 4.78 is 4.84. The first-order valence-electron chi connectivity index (χ1n) is 9.87. The number of nitrogens with zero attached hydrogens (tertiary/aromatic N) is 2. The quantitative estimate of drug-likeness (QED) is 0.409. The maximum Gasteiger partial charge on any atom is 0.251 e. The van der Waals surface area contributed by atoms with Crippen LogP contribution >= 0.6 is 8.07 Å². The fraction of sp³-hybridized carbons (Fsp3) is 0.609. The lowest BCUT2D eigenvalue weighted by Crippen LogP contribution is -2.33. The Morgan fingerprint density at radius 1 is 0.846 bits per heavy atom. The van der Waals surface area contributed by atoms with Gasteiger partial charge in [0.2, 0.25) is 0 Å². The Hall–Kier alpha value is -1.14. The van der Waals surface area contributed by atoms with Crippen LogP contribution in [0.2, 0.25) is 0 Å². The molecule has 144 valence electrons. The zero-order valence-electron chi connectivity index (χ0n) is 18.5. The third-order valence-corrected chi connectivity index (χ3v) is 7.97. The average Bonchev–Trinajstić information content (AvgIpc) is 2.91. The first-order valence-corrected chi connectivity index (χ1v) is 11.2. The molecule has 0 fully saturated rings. The molecular weight excluding hydrogens is 335 g/mol. The van der Waals surface area contributed by atoms with Gasteiger partial charge in [-0.3, -0.25) is 0 Å². The highest BCUT2D eigenvalue weighted by Crippen LogP contribution is 2.59. The Balaban J connectivity index is 2.64. The van der Waals surface area contributed by atoms with E-state index in [2.05, 4.69) is 115 Å². The van der Waals surface area contributed by atoms with Crippen LogP contribution in [0.3, 0.4) is 0 Å². The van der Waals surface area contributed by atoms with Crippen LogP contribution in [0.5, 0.6) is 0 Å². The first-order chi connectivity index (χ1) is 11.8. The number of benzene rings is 1. The third-order valence-electron chi connectivity index (χ3n) is 4.73. The lowest BCUT2D eigenvalue weighted by Gasteiger charge is -2.36. The topological polar surface area (TPSA) is 8.81 Å². The molecule has 0 saturated carbocycles. The van der Waals surface area contributed by atoms with Crippen molar-refractivity contribution in [2.75, 3.05) is 0 Å². The van der Waals surface area contributed by atoms with Crippen molar-refractivity contribution in [1.29, 1.82) is 0 Å². The SMILES string of the molecule is CC(C)c1cccc(C(C)C)c1-[n+]1ccn(P(C(C)(C)C)C(C)(C)C)c1. The van der Waals surface area contributed by atoms with Gasteiger partial charge in [0.1, 0.15) is 26.2 Å². The molecule has 1 heterocycles. The summed E-state index contributed by atoms with van der Waals surface area (Å²) in [5.41, 5.74) is 4.22. The van der Waals surface area contributed by atoms with Gasteiger partial charge in [0.25, 0.3) is 6.33 Å². The van der Waals surface area contributed by atoms with Crippen LogP contribution < -0.4 is 4.57 Å². The number of para-hydroxylation sites is 1. The van der Waals surface area contributed by atoms with E-state index in [0.29, 0.717) is 11.8 Å². The van der Waals surface area contributed by atoms with Crippen LogP contribution in [0.1, 0.15) is 92.2 Å². The summed E-state index contributed by atoms with van der Waals surface area (Å²) in [5.74, 6) is 1.01. The molecule has 1 aromatic heterocycles. The molecule has 0 N–H and O–H groups in total. The smallest absolute Gasteiger partial charge is 0.217 e. The molecule has 0 aliphatic carbocycles. The minimum absolute atomic E-state index is 0.253. The van der Waals surface area contributed by atoms with Gasteiger partial charge in [0.15, 0.2) is 0 Å². The summed E-state index contributed by atoms with van der Waals surface area (Å²) in [6, 6.07) is 6.78. The lowest BCUT2D eigenvalue weighted by molar-refractivity contribution is -0.595. The second kappa shape index (κ2) is 7.47. The summed E-state index contributed by atoms with van der Waals surface area (Å²) in [4.78, 5) is 0. The van der Waals surface area contributed by atoms with Crippen molar-refractivity contribution in [2.24, 2.45) is 0 Å². The van der Waals surface area contributed by atoms with E-state index in [1.165, 1.54) is 16.8 Å². The molecule has 0 bridgehead atoms. The van der Waals surface area contributed by atoms with E-state index in [1.807, 2.05) is 0 Å². The summed E-state index contributed by atoms with van der Waals surface area (Å²) in [7, 11) is -0.361. The highest BCUT2D eigenvalue weighted by Gasteiger charge is 2.41. The predicted octanol–water partition coefficient (Wildman–Crippen LogP) is 6.85. The van der Waals surface area contributed by atoms with Crippen molar-refractivity contribution in [3.8, 4) is 5.69 Å². The molecule has 0 saturated heterocycles.